The average molecular weight is 329 g/mol. The first-order valence-electron chi connectivity index (χ1n) is 6.32. The second-order valence-corrected chi connectivity index (χ2v) is 6.83. The molecule has 1 aliphatic rings. The van der Waals surface area contributed by atoms with Crippen molar-refractivity contribution in [3.63, 3.8) is 0 Å². The molecule has 3 heterocycles. The highest BCUT2D eigenvalue weighted by Crippen LogP contribution is 2.31. The molecule has 0 atom stereocenters. The third-order valence-corrected chi connectivity index (χ3v) is 5.47. The molecule has 5 nitrogen and oxygen atoms in total. The van der Waals surface area contributed by atoms with Gasteiger partial charge >= 0.3 is 5.97 Å². The predicted molar refractivity (Wildman–Crippen MR) is 82.1 cm³/mol. The average Bonchev–Trinajstić information content (AvgIpc) is 3.17. The molecule has 1 aromatic carbocycles. The molecule has 0 bridgehead atoms. The summed E-state index contributed by atoms with van der Waals surface area (Å²) in [5, 5.41) is 3.41. The molecule has 0 fully saturated rings. The second kappa shape index (κ2) is 4.75. The standard InChI is InChI=1S/C15H7NO4S2/c17-12-9-3-1-2-4-10(9)13(18)16(12)20-14(19)11-7-8-5-6-21-15(8)22-11/h1-7H. The Hall–Kier alpha value is -2.51. The molecular formula is C15H7NO4S2. The normalized spacial score (nSPS) is 13.7. The highest BCUT2D eigenvalue weighted by molar-refractivity contribution is 7.38. The third kappa shape index (κ3) is 1.87. The van der Waals surface area contributed by atoms with Crippen molar-refractivity contribution in [2.75, 3.05) is 0 Å². The predicted octanol–water partition coefficient (Wildman–Crippen LogP) is 3.33. The number of nitrogens with zero attached hydrogens (tertiary/aromatic N) is 1. The van der Waals surface area contributed by atoms with Crippen molar-refractivity contribution < 1.29 is 19.2 Å². The Balaban J connectivity index is 1.61. The lowest BCUT2D eigenvalue weighted by Gasteiger charge is -2.11. The summed E-state index contributed by atoms with van der Waals surface area (Å²) in [5.41, 5.74) is 0.486. The summed E-state index contributed by atoms with van der Waals surface area (Å²) < 4.78 is 0.995. The van der Waals surface area contributed by atoms with E-state index in [0.29, 0.717) is 9.94 Å². The van der Waals surface area contributed by atoms with Crippen LogP contribution in [0.25, 0.3) is 9.40 Å². The lowest BCUT2D eigenvalue weighted by atomic mass is 10.1. The maximum atomic E-state index is 12.2. The molecule has 0 spiro atoms. The van der Waals surface area contributed by atoms with Crippen molar-refractivity contribution in [1.29, 1.82) is 0 Å². The molecule has 0 saturated carbocycles. The Bertz CT molecular complexity index is 876. The van der Waals surface area contributed by atoms with Crippen LogP contribution in [0.4, 0.5) is 0 Å². The number of benzene rings is 1. The van der Waals surface area contributed by atoms with Crippen LogP contribution in [-0.4, -0.2) is 22.8 Å². The molecule has 0 N–H and O–H groups in total. The summed E-state index contributed by atoms with van der Waals surface area (Å²) in [7, 11) is 0. The van der Waals surface area contributed by atoms with Gasteiger partial charge in [-0.3, -0.25) is 9.59 Å². The first-order valence-corrected chi connectivity index (χ1v) is 8.02. The molecule has 2 amide bonds. The van der Waals surface area contributed by atoms with E-state index in [1.165, 1.54) is 34.8 Å². The summed E-state index contributed by atoms with van der Waals surface area (Å²) >= 11 is 2.80. The van der Waals surface area contributed by atoms with Crippen LogP contribution in [0.3, 0.4) is 0 Å². The SMILES string of the molecule is O=C(ON1C(=O)c2ccccc2C1=O)c1cc2ccsc2s1. The van der Waals surface area contributed by atoms with E-state index in [1.54, 1.807) is 18.2 Å². The van der Waals surface area contributed by atoms with E-state index in [0.717, 1.165) is 9.40 Å². The van der Waals surface area contributed by atoms with Crippen LogP contribution >= 0.6 is 22.7 Å². The summed E-state index contributed by atoms with van der Waals surface area (Å²) in [6.45, 7) is 0. The number of hydrogen-bond acceptors (Lipinski definition) is 6. The molecule has 0 aliphatic carbocycles. The quantitative estimate of drug-likeness (QED) is 0.677. The molecule has 3 aromatic rings. The van der Waals surface area contributed by atoms with Crippen LogP contribution in [0, 0.1) is 0 Å². The number of hydrogen-bond donors (Lipinski definition) is 0. The summed E-state index contributed by atoms with van der Waals surface area (Å²) in [4.78, 5) is 41.8. The van der Waals surface area contributed by atoms with Crippen LogP contribution in [0.5, 0.6) is 0 Å². The van der Waals surface area contributed by atoms with Gasteiger partial charge in [-0.2, -0.15) is 0 Å². The number of carbonyl (C=O) groups is 3. The highest BCUT2D eigenvalue weighted by atomic mass is 32.2. The topological polar surface area (TPSA) is 63.7 Å². The lowest BCUT2D eigenvalue weighted by molar-refractivity contribution is -0.0581. The maximum absolute atomic E-state index is 12.2. The number of imide groups is 1. The molecule has 4 rings (SSSR count). The third-order valence-electron chi connectivity index (χ3n) is 3.28. The van der Waals surface area contributed by atoms with Gasteiger partial charge < -0.3 is 4.84 Å². The largest absolute Gasteiger partial charge is 0.373 e. The van der Waals surface area contributed by atoms with Crippen molar-refractivity contribution in [2.24, 2.45) is 0 Å². The van der Waals surface area contributed by atoms with Crippen molar-refractivity contribution >= 4 is 49.9 Å². The molecule has 7 heteroatoms. The lowest BCUT2D eigenvalue weighted by Crippen LogP contribution is -2.32. The fourth-order valence-corrected chi connectivity index (χ4v) is 4.23. The van der Waals surface area contributed by atoms with E-state index in [1.807, 2.05) is 11.4 Å². The van der Waals surface area contributed by atoms with Gasteiger partial charge in [-0.05, 0) is 29.6 Å². The molecule has 22 heavy (non-hydrogen) atoms. The van der Waals surface area contributed by atoms with E-state index in [-0.39, 0.29) is 11.1 Å². The van der Waals surface area contributed by atoms with Gasteiger partial charge in [0, 0.05) is 5.39 Å². The van der Waals surface area contributed by atoms with Gasteiger partial charge in [-0.25, -0.2) is 4.79 Å². The monoisotopic (exact) mass is 329 g/mol. The Kier molecular flexibility index (Phi) is 2.85. The Morgan fingerprint density at radius 2 is 1.73 bits per heavy atom. The van der Waals surface area contributed by atoms with Gasteiger partial charge in [0.15, 0.2) is 0 Å². The Morgan fingerprint density at radius 1 is 1.05 bits per heavy atom. The fourth-order valence-electron chi connectivity index (χ4n) is 2.24. The molecule has 0 unspecified atom stereocenters. The molecular weight excluding hydrogens is 322 g/mol. The molecule has 1 aliphatic heterocycles. The first kappa shape index (κ1) is 13.2. The van der Waals surface area contributed by atoms with E-state index in [9.17, 15) is 14.4 Å². The zero-order valence-corrected chi connectivity index (χ0v) is 12.6. The van der Waals surface area contributed by atoms with Gasteiger partial charge in [0.1, 0.15) is 4.88 Å². The zero-order valence-electron chi connectivity index (χ0n) is 10.9. The minimum absolute atomic E-state index is 0.243. The van der Waals surface area contributed by atoms with E-state index >= 15 is 0 Å². The fraction of sp³-hybridized carbons (Fsp3) is 0. The molecule has 0 radical (unpaired) electrons. The minimum Gasteiger partial charge on any atom is -0.323 e. The van der Waals surface area contributed by atoms with Gasteiger partial charge in [-0.1, -0.05) is 17.2 Å². The van der Waals surface area contributed by atoms with Crippen molar-refractivity contribution in [3.05, 3.63) is 57.8 Å². The second-order valence-electron chi connectivity index (χ2n) is 4.60. The molecule has 108 valence electrons. The van der Waals surface area contributed by atoms with Gasteiger partial charge in [0.05, 0.1) is 15.1 Å². The van der Waals surface area contributed by atoms with Crippen LogP contribution in [0.2, 0.25) is 0 Å². The summed E-state index contributed by atoms with van der Waals surface area (Å²) in [6, 6.07) is 9.97. The minimum atomic E-state index is -0.706. The van der Waals surface area contributed by atoms with Crippen LogP contribution < -0.4 is 0 Å². The van der Waals surface area contributed by atoms with Gasteiger partial charge in [0.25, 0.3) is 11.8 Å². The Morgan fingerprint density at radius 3 is 2.36 bits per heavy atom. The zero-order chi connectivity index (χ0) is 15.3. The number of amides is 2. The number of thiophene rings is 2. The van der Waals surface area contributed by atoms with Crippen molar-refractivity contribution in [3.8, 4) is 0 Å². The molecule has 0 saturated heterocycles. The number of hydroxylamine groups is 2. The Labute approximate surface area is 132 Å². The number of fused-ring (bicyclic) bond motifs is 2. The smallest absolute Gasteiger partial charge is 0.323 e. The number of rotatable bonds is 2. The van der Waals surface area contributed by atoms with Crippen LogP contribution in [0.1, 0.15) is 30.4 Å². The number of carbonyl (C=O) groups excluding carboxylic acids is 3. The van der Waals surface area contributed by atoms with E-state index in [4.69, 9.17) is 4.84 Å². The summed E-state index contributed by atoms with van der Waals surface area (Å²) in [6.07, 6.45) is 0. The van der Waals surface area contributed by atoms with Gasteiger partial charge in [-0.15, -0.1) is 22.7 Å². The first-order chi connectivity index (χ1) is 10.6. The molecule has 2 aromatic heterocycles. The van der Waals surface area contributed by atoms with Crippen LogP contribution in [-0.2, 0) is 4.84 Å². The van der Waals surface area contributed by atoms with Crippen molar-refractivity contribution in [1.82, 2.24) is 5.06 Å². The summed E-state index contributed by atoms with van der Waals surface area (Å²) in [5.74, 6) is -1.94. The maximum Gasteiger partial charge on any atom is 0.373 e. The van der Waals surface area contributed by atoms with Crippen molar-refractivity contribution in [2.45, 2.75) is 0 Å². The highest BCUT2D eigenvalue weighted by Gasteiger charge is 2.39. The van der Waals surface area contributed by atoms with Gasteiger partial charge in [0.2, 0.25) is 0 Å². The van der Waals surface area contributed by atoms with E-state index in [2.05, 4.69) is 0 Å². The van der Waals surface area contributed by atoms with Crippen LogP contribution in [0.15, 0.2) is 41.8 Å². The van der Waals surface area contributed by atoms with E-state index < -0.39 is 17.8 Å².